The first kappa shape index (κ1) is 14.5. The molecule has 104 valence electrons. The van der Waals surface area contributed by atoms with Crippen LogP contribution in [-0.4, -0.2) is 12.4 Å². The van der Waals surface area contributed by atoms with Crippen LogP contribution in [0.25, 0.3) is 0 Å². The molecule has 0 N–H and O–H groups in total. The van der Waals surface area contributed by atoms with Crippen LogP contribution in [0.5, 0.6) is 5.75 Å². The predicted molar refractivity (Wildman–Crippen MR) is 76.8 cm³/mol. The zero-order valence-electron chi connectivity index (χ0n) is 11.0. The molecule has 0 aromatic heterocycles. The highest BCUT2D eigenvalue weighted by Crippen LogP contribution is 2.16. The van der Waals surface area contributed by atoms with Crippen LogP contribution < -0.4 is 4.74 Å². The van der Waals surface area contributed by atoms with Crippen LogP contribution in [-0.2, 0) is 11.2 Å². The Morgan fingerprint density at radius 3 is 2.60 bits per heavy atom. The average molecular weight is 293 g/mol. The molecular weight excluding hydrogens is 279 g/mol. The molecule has 0 radical (unpaired) electrons. The Labute approximate surface area is 122 Å². The Kier molecular flexibility index (Phi) is 4.74. The van der Waals surface area contributed by atoms with E-state index in [2.05, 4.69) is 0 Å². The summed E-state index contributed by atoms with van der Waals surface area (Å²) in [5.41, 5.74) is 1.58. The van der Waals surface area contributed by atoms with Crippen LogP contribution in [0.15, 0.2) is 42.5 Å². The Morgan fingerprint density at radius 2 is 1.90 bits per heavy atom. The molecule has 2 rings (SSSR count). The van der Waals surface area contributed by atoms with Crippen molar-refractivity contribution in [2.24, 2.45) is 0 Å². The van der Waals surface area contributed by atoms with Gasteiger partial charge in [-0.05, 0) is 54.4 Å². The maximum atomic E-state index is 13.1. The van der Waals surface area contributed by atoms with E-state index in [0.29, 0.717) is 16.3 Å². The van der Waals surface area contributed by atoms with Crippen LogP contribution in [0.3, 0.4) is 0 Å². The Hall–Kier alpha value is -1.87. The second-order valence-corrected chi connectivity index (χ2v) is 4.97. The van der Waals surface area contributed by atoms with Gasteiger partial charge in [-0.15, -0.1) is 0 Å². The molecule has 0 aliphatic heterocycles. The number of ether oxygens (including phenoxy) is 1. The summed E-state index contributed by atoms with van der Waals surface area (Å²) in [6, 6.07) is 11.2. The van der Waals surface area contributed by atoms with Crippen LogP contribution in [0.2, 0.25) is 5.02 Å². The number of Topliss-reactive ketones (excluding diaryl/α,β-unsaturated/α-hetero) is 1. The van der Waals surface area contributed by atoms with Crippen molar-refractivity contribution in [1.82, 2.24) is 0 Å². The summed E-state index contributed by atoms with van der Waals surface area (Å²) in [7, 11) is 0. The molecule has 2 nitrogen and oxygen atoms in total. The number of ketones is 1. The van der Waals surface area contributed by atoms with E-state index < -0.39 is 0 Å². The molecule has 0 saturated carbocycles. The molecule has 0 aliphatic carbocycles. The third kappa shape index (κ3) is 4.07. The molecule has 0 amide bonds. The lowest BCUT2D eigenvalue weighted by Crippen LogP contribution is -2.14. The topological polar surface area (TPSA) is 26.3 Å². The maximum Gasteiger partial charge on any atom is 0.174 e. The van der Waals surface area contributed by atoms with Crippen molar-refractivity contribution in [2.75, 3.05) is 6.61 Å². The molecule has 0 atom stereocenters. The summed E-state index contributed by atoms with van der Waals surface area (Å²) >= 11 is 5.76. The number of hydrogen-bond acceptors (Lipinski definition) is 2. The van der Waals surface area contributed by atoms with E-state index in [4.69, 9.17) is 16.3 Å². The monoisotopic (exact) mass is 292 g/mol. The zero-order valence-corrected chi connectivity index (χ0v) is 11.8. The Balaban J connectivity index is 1.92. The normalized spacial score (nSPS) is 10.3. The van der Waals surface area contributed by atoms with Gasteiger partial charge in [-0.2, -0.15) is 0 Å². The van der Waals surface area contributed by atoms with E-state index >= 15 is 0 Å². The minimum Gasteiger partial charge on any atom is -0.486 e. The molecule has 2 aromatic carbocycles. The SMILES string of the molecule is Cc1ccc(F)cc1CC(=O)COc1ccc(Cl)cc1. The third-order valence-electron chi connectivity index (χ3n) is 2.91. The third-order valence-corrected chi connectivity index (χ3v) is 3.16. The summed E-state index contributed by atoms with van der Waals surface area (Å²) in [6.45, 7) is 1.81. The first-order valence-electron chi connectivity index (χ1n) is 6.19. The van der Waals surface area contributed by atoms with Gasteiger partial charge in [-0.25, -0.2) is 4.39 Å². The van der Waals surface area contributed by atoms with Gasteiger partial charge in [0.25, 0.3) is 0 Å². The zero-order chi connectivity index (χ0) is 14.5. The molecule has 20 heavy (non-hydrogen) atoms. The van der Waals surface area contributed by atoms with Gasteiger partial charge in [0.2, 0.25) is 0 Å². The fraction of sp³-hybridized carbons (Fsp3) is 0.188. The van der Waals surface area contributed by atoms with Gasteiger partial charge in [0, 0.05) is 11.4 Å². The Morgan fingerprint density at radius 1 is 1.20 bits per heavy atom. The van der Waals surface area contributed by atoms with Gasteiger partial charge in [0.15, 0.2) is 5.78 Å². The van der Waals surface area contributed by atoms with Gasteiger partial charge in [-0.3, -0.25) is 4.79 Å². The van der Waals surface area contributed by atoms with Crippen LogP contribution >= 0.6 is 11.6 Å². The van der Waals surface area contributed by atoms with Crippen molar-refractivity contribution in [3.63, 3.8) is 0 Å². The molecule has 0 bridgehead atoms. The van der Waals surface area contributed by atoms with Crippen molar-refractivity contribution in [3.8, 4) is 5.75 Å². The number of rotatable bonds is 5. The number of carbonyl (C=O) groups is 1. The van der Waals surface area contributed by atoms with Crippen molar-refractivity contribution < 1.29 is 13.9 Å². The largest absolute Gasteiger partial charge is 0.486 e. The van der Waals surface area contributed by atoms with E-state index in [9.17, 15) is 9.18 Å². The van der Waals surface area contributed by atoms with Crippen LogP contribution in [0, 0.1) is 12.7 Å². The molecule has 4 heteroatoms. The summed E-state index contributed by atoms with van der Waals surface area (Å²) < 4.78 is 18.5. The van der Waals surface area contributed by atoms with Gasteiger partial charge in [0.05, 0.1) is 0 Å². The highest BCUT2D eigenvalue weighted by atomic mass is 35.5. The van der Waals surface area contributed by atoms with E-state index in [1.165, 1.54) is 12.1 Å². The van der Waals surface area contributed by atoms with E-state index in [0.717, 1.165) is 5.56 Å². The fourth-order valence-corrected chi connectivity index (χ4v) is 1.91. The second kappa shape index (κ2) is 6.53. The minimum absolute atomic E-state index is 0.0441. The average Bonchev–Trinajstić information content (AvgIpc) is 2.42. The molecule has 0 aliphatic rings. The highest BCUT2D eigenvalue weighted by molar-refractivity contribution is 6.30. The molecule has 0 spiro atoms. The van der Waals surface area contributed by atoms with Gasteiger partial charge in [-0.1, -0.05) is 17.7 Å². The van der Waals surface area contributed by atoms with Gasteiger partial charge < -0.3 is 4.74 Å². The predicted octanol–water partition coefficient (Wildman–Crippen LogP) is 3.98. The lowest BCUT2D eigenvalue weighted by Gasteiger charge is -2.07. The first-order valence-corrected chi connectivity index (χ1v) is 6.57. The van der Waals surface area contributed by atoms with E-state index in [1.54, 1.807) is 30.3 Å². The summed E-state index contributed by atoms with van der Waals surface area (Å²) in [4.78, 5) is 11.8. The van der Waals surface area contributed by atoms with Crippen LogP contribution in [0.4, 0.5) is 4.39 Å². The standard InChI is InChI=1S/C16H14ClFO2/c1-11-2-5-14(18)8-12(11)9-15(19)10-20-16-6-3-13(17)4-7-16/h2-8H,9-10H2,1H3. The number of halogens is 2. The van der Waals surface area contributed by atoms with Crippen molar-refractivity contribution in [2.45, 2.75) is 13.3 Å². The maximum absolute atomic E-state index is 13.1. The minimum atomic E-state index is -0.336. The second-order valence-electron chi connectivity index (χ2n) is 4.53. The van der Waals surface area contributed by atoms with Crippen molar-refractivity contribution in [3.05, 3.63) is 64.4 Å². The number of hydrogen-bond donors (Lipinski definition) is 0. The fourth-order valence-electron chi connectivity index (χ4n) is 1.79. The quantitative estimate of drug-likeness (QED) is 0.833. The summed E-state index contributed by atoms with van der Waals surface area (Å²) in [5, 5.41) is 0.610. The molecule has 0 heterocycles. The molecule has 2 aromatic rings. The number of aryl methyl sites for hydroxylation is 1. The van der Waals surface area contributed by atoms with Crippen molar-refractivity contribution >= 4 is 17.4 Å². The molecule has 0 fully saturated rings. The molecule has 0 unspecified atom stereocenters. The highest BCUT2D eigenvalue weighted by Gasteiger charge is 2.08. The van der Waals surface area contributed by atoms with Crippen molar-refractivity contribution in [1.29, 1.82) is 0 Å². The summed E-state index contributed by atoms with van der Waals surface area (Å²) in [6.07, 6.45) is 0.164. The lowest BCUT2D eigenvalue weighted by molar-refractivity contribution is -0.120. The lowest BCUT2D eigenvalue weighted by atomic mass is 10.0. The van der Waals surface area contributed by atoms with Gasteiger partial charge >= 0.3 is 0 Å². The molecule has 0 saturated heterocycles. The smallest absolute Gasteiger partial charge is 0.174 e. The first-order chi connectivity index (χ1) is 9.54. The number of carbonyl (C=O) groups excluding carboxylic acids is 1. The van der Waals surface area contributed by atoms with Crippen LogP contribution in [0.1, 0.15) is 11.1 Å². The van der Waals surface area contributed by atoms with Gasteiger partial charge in [0.1, 0.15) is 18.2 Å². The Bertz CT molecular complexity index is 608. The summed E-state index contributed by atoms with van der Waals surface area (Å²) in [5.74, 6) is 0.143. The molecular formula is C16H14ClFO2. The van der Waals surface area contributed by atoms with E-state index in [1.807, 2.05) is 6.92 Å². The van der Waals surface area contributed by atoms with E-state index in [-0.39, 0.29) is 24.6 Å². The number of benzene rings is 2.